The largest absolute Gasteiger partial charge is 0.352 e. The van der Waals surface area contributed by atoms with Crippen LogP contribution in [0.1, 0.15) is 30.5 Å². The van der Waals surface area contributed by atoms with Gasteiger partial charge in [-0.2, -0.15) is 0 Å². The highest BCUT2D eigenvalue weighted by molar-refractivity contribution is 7.92. The standard InChI is InChI=1S/C34H36FN3O4S/c1-25(2)36-34(40)32(22-27-10-6-4-7-11-27)37(23-28-16-14-26(3)15-17-28)33(39)24-38(30-12-8-5-9-13-30)43(41,42)31-20-18-29(35)19-21-31/h4-21,25,32H,22-24H2,1-3H3,(H,36,40)/t32-/m0/s1. The first kappa shape index (κ1) is 31.4. The van der Waals surface area contributed by atoms with Gasteiger partial charge in [0.1, 0.15) is 18.4 Å². The number of hydrogen-bond acceptors (Lipinski definition) is 4. The first-order valence-electron chi connectivity index (χ1n) is 14.1. The van der Waals surface area contributed by atoms with E-state index in [1.54, 1.807) is 30.3 Å². The van der Waals surface area contributed by atoms with Gasteiger partial charge in [0.2, 0.25) is 11.8 Å². The van der Waals surface area contributed by atoms with Crippen molar-refractivity contribution in [3.8, 4) is 0 Å². The maximum absolute atomic E-state index is 14.3. The number of para-hydroxylation sites is 1. The van der Waals surface area contributed by atoms with Gasteiger partial charge in [-0.05, 0) is 68.3 Å². The van der Waals surface area contributed by atoms with Gasteiger partial charge in [0.25, 0.3) is 10.0 Å². The second-order valence-electron chi connectivity index (χ2n) is 10.7. The van der Waals surface area contributed by atoms with E-state index in [0.29, 0.717) is 0 Å². The molecule has 0 bridgehead atoms. The van der Waals surface area contributed by atoms with Crippen molar-refractivity contribution in [3.63, 3.8) is 0 Å². The summed E-state index contributed by atoms with van der Waals surface area (Å²) in [5, 5.41) is 2.94. The van der Waals surface area contributed by atoms with Crippen LogP contribution in [0.5, 0.6) is 0 Å². The average molecular weight is 602 g/mol. The Bertz CT molecular complexity index is 1610. The van der Waals surface area contributed by atoms with Gasteiger partial charge in [-0.25, -0.2) is 12.8 Å². The smallest absolute Gasteiger partial charge is 0.264 e. The number of anilines is 1. The normalized spacial score (nSPS) is 12.0. The molecule has 0 spiro atoms. The second-order valence-corrected chi connectivity index (χ2v) is 12.5. The second kappa shape index (κ2) is 14.1. The predicted octanol–water partition coefficient (Wildman–Crippen LogP) is 5.49. The lowest BCUT2D eigenvalue weighted by molar-refractivity contribution is -0.140. The van der Waals surface area contributed by atoms with Crippen LogP contribution in [0.4, 0.5) is 10.1 Å². The molecule has 4 rings (SSSR count). The van der Waals surface area contributed by atoms with Gasteiger partial charge in [-0.15, -0.1) is 0 Å². The number of benzene rings is 4. The minimum atomic E-state index is -4.28. The number of halogens is 1. The zero-order valence-corrected chi connectivity index (χ0v) is 25.3. The van der Waals surface area contributed by atoms with E-state index in [1.807, 2.05) is 75.4 Å². The van der Waals surface area contributed by atoms with E-state index < -0.39 is 34.3 Å². The van der Waals surface area contributed by atoms with Gasteiger partial charge >= 0.3 is 0 Å². The average Bonchev–Trinajstić information content (AvgIpc) is 2.99. The molecule has 0 saturated carbocycles. The van der Waals surface area contributed by atoms with E-state index in [9.17, 15) is 22.4 Å². The Morgan fingerprint density at radius 1 is 0.791 bits per heavy atom. The third-order valence-corrected chi connectivity index (χ3v) is 8.69. The lowest BCUT2D eigenvalue weighted by atomic mass is 10.0. The molecule has 1 atom stereocenters. The van der Waals surface area contributed by atoms with Crippen LogP contribution in [0.3, 0.4) is 0 Å². The summed E-state index contributed by atoms with van der Waals surface area (Å²) in [5.74, 6) is -1.48. The Balaban J connectivity index is 1.78. The summed E-state index contributed by atoms with van der Waals surface area (Å²) in [4.78, 5) is 29.3. The number of hydrogen-bond donors (Lipinski definition) is 1. The lowest BCUT2D eigenvalue weighted by Crippen LogP contribution is -2.54. The van der Waals surface area contributed by atoms with Crippen molar-refractivity contribution in [1.29, 1.82) is 0 Å². The number of aryl methyl sites for hydroxylation is 1. The van der Waals surface area contributed by atoms with E-state index in [4.69, 9.17) is 0 Å². The van der Waals surface area contributed by atoms with Crippen LogP contribution in [-0.2, 0) is 32.6 Å². The van der Waals surface area contributed by atoms with Crippen molar-refractivity contribution in [2.45, 2.75) is 50.7 Å². The minimum Gasteiger partial charge on any atom is -0.352 e. The Morgan fingerprint density at radius 3 is 1.95 bits per heavy atom. The highest BCUT2D eigenvalue weighted by Gasteiger charge is 2.34. The molecule has 4 aromatic carbocycles. The SMILES string of the molecule is Cc1ccc(CN(C(=O)CN(c2ccccc2)S(=O)(=O)c2ccc(F)cc2)[C@@H](Cc2ccccc2)C(=O)NC(C)C)cc1. The van der Waals surface area contributed by atoms with Crippen molar-refractivity contribution in [3.05, 3.63) is 132 Å². The molecule has 0 unspecified atom stereocenters. The molecular formula is C34H36FN3O4S. The summed E-state index contributed by atoms with van der Waals surface area (Å²) < 4.78 is 42.5. The lowest BCUT2D eigenvalue weighted by Gasteiger charge is -2.34. The highest BCUT2D eigenvalue weighted by Crippen LogP contribution is 2.25. The van der Waals surface area contributed by atoms with Crippen LogP contribution in [-0.4, -0.2) is 43.8 Å². The molecule has 0 fully saturated rings. The third kappa shape index (κ3) is 8.29. The van der Waals surface area contributed by atoms with Crippen LogP contribution in [0, 0.1) is 12.7 Å². The molecule has 43 heavy (non-hydrogen) atoms. The molecule has 0 aliphatic rings. The van der Waals surface area contributed by atoms with Gasteiger partial charge in [0.05, 0.1) is 10.6 Å². The Labute approximate surface area is 253 Å². The van der Waals surface area contributed by atoms with Crippen molar-refractivity contribution >= 4 is 27.5 Å². The molecule has 0 aliphatic carbocycles. The topological polar surface area (TPSA) is 86.8 Å². The van der Waals surface area contributed by atoms with Gasteiger partial charge in [0, 0.05) is 19.0 Å². The maximum atomic E-state index is 14.3. The van der Waals surface area contributed by atoms with Crippen LogP contribution in [0.25, 0.3) is 0 Å². The number of nitrogens with one attached hydrogen (secondary N) is 1. The van der Waals surface area contributed by atoms with E-state index in [2.05, 4.69) is 5.32 Å². The summed E-state index contributed by atoms with van der Waals surface area (Å²) >= 11 is 0. The number of carbonyl (C=O) groups excluding carboxylic acids is 2. The third-order valence-electron chi connectivity index (χ3n) is 6.90. The van der Waals surface area contributed by atoms with E-state index in [-0.39, 0.29) is 35.5 Å². The van der Waals surface area contributed by atoms with Crippen LogP contribution < -0.4 is 9.62 Å². The molecule has 7 nitrogen and oxygen atoms in total. The number of carbonyl (C=O) groups is 2. The van der Waals surface area contributed by atoms with Crippen molar-refractivity contribution in [2.24, 2.45) is 0 Å². The van der Waals surface area contributed by atoms with Gasteiger partial charge in [0.15, 0.2) is 0 Å². The fourth-order valence-corrected chi connectivity index (χ4v) is 6.10. The summed E-state index contributed by atoms with van der Waals surface area (Å²) in [6.45, 7) is 5.16. The molecule has 0 saturated heterocycles. The fraction of sp³-hybridized carbons (Fsp3) is 0.235. The molecular weight excluding hydrogens is 565 g/mol. The first-order valence-corrected chi connectivity index (χ1v) is 15.5. The van der Waals surface area contributed by atoms with Gasteiger partial charge in [-0.1, -0.05) is 78.4 Å². The number of nitrogens with zero attached hydrogens (tertiary/aromatic N) is 2. The molecule has 0 radical (unpaired) electrons. The molecule has 1 N–H and O–H groups in total. The molecule has 4 aromatic rings. The number of sulfonamides is 1. The Kier molecular flexibility index (Phi) is 10.3. The van der Waals surface area contributed by atoms with Gasteiger partial charge in [-0.3, -0.25) is 13.9 Å². The zero-order valence-electron chi connectivity index (χ0n) is 24.5. The Morgan fingerprint density at radius 2 is 1.37 bits per heavy atom. The number of rotatable bonds is 12. The quantitative estimate of drug-likeness (QED) is 0.233. The van der Waals surface area contributed by atoms with Crippen LogP contribution in [0.15, 0.2) is 114 Å². The maximum Gasteiger partial charge on any atom is 0.264 e. The highest BCUT2D eigenvalue weighted by atomic mass is 32.2. The van der Waals surface area contributed by atoms with Crippen LogP contribution in [0.2, 0.25) is 0 Å². The van der Waals surface area contributed by atoms with E-state index in [1.165, 1.54) is 17.0 Å². The fourth-order valence-electron chi connectivity index (χ4n) is 4.68. The minimum absolute atomic E-state index is 0.0847. The molecule has 224 valence electrons. The van der Waals surface area contributed by atoms with Crippen LogP contribution >= 0.6 is 0 Å². The molecule has 2 amide bonds. The summed E-state index contributed by atoms with van der Waals surface area (Å²) in [6.07, 6.45) is 0.229. The summed E-state index contributed by atoms with van der Waals surface area (Å²) in [7, 11) is -4.28. The molecule has 0 aliphatic heterocycles. The van der Waals surface area contributed by atoms with Crippen molar-refractivity contribution in [1.82, 2.24) is 10.2 Å². The van der Waals surface area contributed by atoms with E-state index in [0.717, 1.165) is 33.1 Å². The van der Waals surface area contributed by atoms with Crippen molar-refractivity contribution < 1.29 is 22.4 Å². The summed E-state index contributed by atoms with van der Waals surface area (Å²) in [5.41, 5.74) is 2.95. The molecule has 0 heterocycles. The molecule has 0 aromatic heterocycles. The molecule has 9 heteroatoms. The monoisotopic (exact) mass is 601 g/mol. The van der Waals surface area contributed by atoms with Crippen molar-refractivity contribution in [2.75, 3.05) is 10.8 Å². The van der Waals surface area contributed by atoms with E-state index >= 15 is 0 Å². The zero-order chi connectivity index (χ0) is 31.0. The first-order chi connectivity index (χ1) is 20.5. The number of amides is 2. The summed E-state index contributed by atoms with van der Waals surface area (Å²) in [6, 6.07) is 28.6. The Hall–Kier alpha value is -4.50. The van der Waals surface area contributed by atoms with Gasteiger partial charge < -0.3 is 10.2 Å². The predicted molar refractivity (Wildman–Crippen MR) is 166 cm³/mol.